The Bertz CT molecular complexity index is 1570. The van der Waals surface area contributed by atoms with Gasteiger partial charge >= 0.3 is 0 Å². The number of fused-ring (bicyclic) bond motifs is 1. The number of para-hydroxylation sites is 1. The first-order valence-corrected chi connectivity index (χ1v) is 11.2. The number of nitro groups is 1. The summed E-state index contributed by atoms with van der Waals surface area (Å²) in [6.07, 6.45) is 0. The van der Waals surface area contributed by atoms with E-state index in [1.54, 1.807) is 48.5 Å². The van der Waals surface area contributed by atoms with Crippen molar-refractivity contribution in [3.63, 3.8) is 0 Å². The quantitative estimate of drug-likeness (QED) is 0.210. The number of nitro benzene ring substituents is 1. The van der Waals surface area contributed by atoms with Crippen LogP contribution in [0.1, 0.15) is 10.4 Å². The summed E-state index contributed by atoms with van der Waals surface area (Å²) < 4.78 is 0. The summed E-state index contributed by atoms with van der Waals surface area (Å²) in [5.74, 6) is -0.279. The highest BCUT2D eigenvalue weighted by atomic mass is 35.5. The molecule has 0 bridgehead atoms. The van der Waals surface area contributed by atoms with Crippen LogP contribution in [-0.4, -0.2) is 15.8 Å². The van der Waals surface area contributed by atoms with Gasteiger partial charge in [0.1, 0.15) is 0 Å². The molecule has 35 heavy (non-hydrogen) atoms. The zero-order valence-corrected chi connectivity index (χ0v) is 19.1. The number of rotatable bonds is 5. The molecule has 0 fully saturated rings. The molecule has 0 aliphatic heterocycles. The molecule has 7 heteroatoms. The number of anilines is 1. The summed E-state index contributed by atoms with van der Waals surface area (Å²) in [6, 6.07) is 30.5. The zero-order chi connectivity index (χ0) is 24.4. The van der Waals surface area contributed by atoms with Crippen molar-refractivity contribution in [1.82, 2.24) is 4.98 Å². The molecule has 1 N–H and O–H groups in total. The minimum atomic E-state index is -0.428. The number of hydrogen-bond donors (Lipinski definition) is 1. The lowest BCUT2D eigenvalue weighted by atomic mass is 9.97. The first kappa shape index (κ1) is 22.3. The average Bonchev–Trinajstić information content (AvgIpc) is 2.89. The Balaban J connectivity index is 1.61. The second-order valence-electron chi connectivity index (χ2n) is 7.89. The van der Waals surface area contributed by atoms with Gasteiger partial charge in [-0.05, 0) is 59.7 Å². The van der Waals surface area contributed by atoms with Crippen LogP contribution < -0.4 is 5.32 Å². The summed E-state index contributed by atoms with van der Waals surface area (Å²) in [5.41, 5.74) is 5.03. The minimum absolute atomic E-state index is 0.0204. The molecule has 5 aromatic rings. The van der Waals surface area contributed by atoms with Gasteiger partial charge in [-0.3, -0.25) is 14.9 Å². The summed E-state index contributed by atoms with van der Waals surface area (Å²) in [4.78, 5) is 28.4. The molecule has 0 aliphatic rings. The number of aromatic nitrogens is 1. The van der Waals surface area contributed by atoms with E-state index in [2.05, 4.69) is 5.32 Å². The van der Waals surface area contributed by atoms with Crippen LogP contribution in [0.2, 0.25) is 5.02 Å². The maximum absolute atomic E-state index is 13.0. The lowest BCUT2D eigenvalue weighted by Crippen LogP contribution is -2.12. The number of halogens is 1. The van der Waals surface area contributed by atoms with E-state index in [0.29, 0.717) is 27.5 Å². The van der Waals surface area contributed by atoms with Crippen LogP contribution in [0.5, 0.6) is 0 Å². The molecular weight excluding hydrogens is 462 g/mol. The predicted molar refractivity (Wildman–Crippen MR) is 139 cm³/mol. The number of benzene rings is 4. The van der Waals surface area contributed by atoms with E-state index >= 15 is 0 Å². The Kier molecular flexibility index (Phi) is 5.95. The summed E-state index contributed by atoms with van der Waals surface area (Å²) in [7, 11) is 0. The van der Waals surface area contributed by atoms with Gasteiger partial charge in [-0.2, -0.15) is 0 Å². The molecule has 0 saturated carbocycles. The standard InChI is InChI=1S/C28H18ClN3O3/c29-24-8-4-5-9-26(24)31-28(33)20-12-15-25-23(16-20)22(18-6-2-1-3-7-18)17-27(30-25)19-10-13-21(14-11-19)32(34)35/h1-17H,(H,31,33). The molecule has 0 aliphatic carbocycles. The molecular formula is C28H18ClN3O3. The fourth-order valence-electron chi connectivity index (χ4n) is 3.88. The predicted octanol–water partition coefficient (Wildman–Crippen LogP) is 7.38. The molecule has 1 heterocycles. The van der Waals surface area contributed by atoms with E-state index in [4.69, 9.17) is 16.6 Å². The Labute approximate surface area is 206 Å². The molecule has 1 amide bonds. The Morgan fingerprint density at radius 3 is 2.26 bits per heavy atom. The van der Waals surface area contributed by atoms with Crippen LogP contribution in [0.15, 0.2) is 103 Å². The number of non-ortho nitro benzene ring substituents is 1. The van der Waals surface area contributed by atoms with Gasteiger partial charge in [0.15, 0.2) is 0 Å². The van der Waals surface area contributed by atoms with E-state index in [1.165, 1.54) is 12.1 Å². The van der Waals surface area contributed by atoms with Crippen molar-refractivity contribution in [2.45, 2.75) is 0 Å². The molecule has 6 nitrogen and oxygen atoms in total. The van der Waals surface area contributed by atoms with Gasteiger partial charge in [-0.25, -0.2) is 4.98 Å². The lowest BCUT2D eigenvalue weighted by Gasteiger charge is -2.12. The maximum Gasteiger partial charge on any atom is 0.269 e. The summed E-state index contributed by atoms with van der Waals surface area (Å²) in [5, 5.41) is 15.2. The third kappa shape index (κ3) is 4.60. The monoisotopic (exact) mass is 479 g/mol. The number of amides is 1. The molecule has 0 unspecified atom stereocenters. The highest BCUT2D eigenvalue weighted by molar-refractivity contribution is 6.33. The Hall–Kier alpha value is -4.55. The summed E-state index contributed by atoms with van der Waals surface area (Å²) in [6.45, 7) is 0. The first-order chi connectivity index (χ1) is 17.0. The van der Waals surface area contributed by atoms with Gasteiger partial charge in [0.05, 0.1) is 26.8 Å². The second kappa shape index (κ2) is 9.37. The number of nitrogens with one attached hydrogen (secondary N) is 1. The van der Waals surface area contributed by atoms with Gasteiger partial charge in [-0.1, -0.05) is 54.1 Å². The van der Waals surface area contributed by atoms with Crippen molar-refractivity contribution in [3.05, 3.63) is 124 Å². The molecule has 0 spiro atoms. The van der Waals surface area contributed by atoms with Gasteiger partial charge < -0.3 is 5.32 Å². The second-order valence-corrected chi connectivity index (χ2v) is 8.30. The number of pyridine rings is 1. The Morgan fingerprint density at radius 2 is 1.54 bits per heavy atom. The SMILES string of the molecule is O=C(Nc1ccccc1Cl)c1ccc2nc(-c3ccc([N+](=O)[O-])cc3)cc(-c3ccccc3)c2c1. The third-order valence-electron chi connectivity index (χ3n) is 5.65. The number of carbonyl (C=O) groups excluding carboxylic acids is 1. The van der Waals surface area contributed by atoms with Crippen molar-refractivity contribution >= 4 is 39.8 Å². The van der Waals surface area contributed by atoms with Crippen molar-refractivity contribution in [3.8, 4) is 22.4 Å². The zero-order valence-electron chi connectivity index (χ0n) is 18.3. The van der Waals surface area contributed by atoms with Crippen LogP contribution in [0.3, 0.4) is 0 Å². The van der Waals surface area contributed by atoms with E-state index in [9.17, 15) is 14.9 Å². The smallest absolute Gasteiger partial charge is 0.269 e. The fourth-order valence-corrected chi connectivity index (χ4v) is 4.07. The van der Waals surface area contributed by atoms with Gasteiger partial charge in [0.25, 0.3) is 11.6 Å². The van der Waals surface area contributed by atoms with Crippen molar-refractivity contribution in [2.24, 2.45) is 0 Å². The Morgan fingerprint density at radius 1 is 0.829 bits per heavy atom. The van der Waals surface area contributed by atoms with Crippen LogP contribution in [-0.2, 0) is 0 Å². The fraction of sp³-hybridized carbons (Fsp3) is 0. The normalized spacial score (nSPS) is 10.8. The molecule has 1 aromatic heterocycles. The molecule has 4 aromatic carbocycles. The van der Waals surface area contributed by atoms with E-state index in [1.807, 2.05) is 42.5 Å². The third-order valence-corrected chi connectivity index (χ3v) is 5.98. The number of nitrogens with zero attached hydrogens (tertiary/aromatic N) is 2. The van der Waals surface area contributed by atoms with E-state index < -0.39 is 4.92 Å². The van der Waals surface area contributed by atoms with Gasteiger partial charge in [0, 0.05) is 28.6 Å². The molecule has 0 saturated heterocycles. The first-order valence-electron chi connectivity index (χ1n) is 10.8. The molecule has 170 valence electrons. The largest absolute Gasteiger partial charge is 0.321 e. The highest BCUT2D eigenvalue weighted by Gasteiger charge is 2.15. The molecule has 0 radical (unpaired) electrons. The minimum Gasteiger partial charge on any atom is -0.321 e. The number of carbonyl (C=O) groups is 1. The lowest BCUT2D eigenvalue weighted by molar-refractivity contribution is -0.384. The van der Waals surface area contributed by atoms with Crippen molar-refractivity contribution in [2.75, 3.05) is 5.32 Å². The van der Waals surface area contributed by atoms with Gasteiger partial charge in [0.2, 0.25) is 0 Å². The van der Waals surface area contributed by atoms with Crippen molar-refractivity contribution < 1.29 is 9.72 Å². The van der Waals surface area contributed by atoms with Crippen LogP contribution in [0.25, 0.3) is 33.3 Å². The maximum atomic E-state index is 13.0. The van der Waals surface area contributed by atoms with Crippen LogP contribution in [0, 0.1) is 10.1 Å². The average molecular weight is 480 g/mol. The number of hydrogen-bond acceptors (Lipinski definition) is 4. The van der Waals surface area contributed by atoms with Crippen molar-refractivity contribution in [1.29, 1.82) is 0 Å². The highest BCUT2D eigenvalue weighted by Crippen LogP contribution is 2.33. The van der Waals surface area contributed by atoms with E-state index in [-0.39, 0.29) is 11.6 Å². The van der Waals surface area contributed by atoms with Crippen LogP contribution in [0.4, 0.5) is 11.4 Å². The molecule has 0 atom stereocenters. The van der Waals surface area contributed by atoms with E-state index in [0.717, 1.165) is 22.1 Å². The molecule has 5 rings (SSSR count). The van der Waals surface area contributed by atoms with Gasteiger partial charge in [-0.15, -0.1) is 0 Å². The van der Waals surface area contributed by atoms with Crippen LogP contribution >= 0.6 is 11.6 Å². The summed E-state index contributed by atoms with van der Waals surface area (Å²) >= 11 is 6.20. The topological polar surface area (TPSA) is 85.1 Å².